The van der Waals surface area contributed by atoms with Gasteiger partial charge in [-0.1, -0.05) is 6.92 Å². The van der Waals surface area contributed by atoms with Gasteiger partial charge in [0, 0.05) is 31.9 Å². The van der Waals surface area contributed by atoms with Crippen LogP contribution in [0.5, 0.6) is 0 Å². The number of hydrogen-bond acceptors (Lipinski definition) is 3. The van der Waals surface area contributed by atoms with Gasteiger partial charge in [-0.05, 0) is 52.8 Å². The molecular formula is C16H31N5O. The second kappa shape index (κ2) is 8.78. The highest BCUT2D eigenvalue weighted by Crippen LogP contribution is 2.11. The molecule has 1 heterocycles. The number of urea groups is 1. The summed E-state index contributed by atoms with van der Waals surface area (Å²) in [4.78, 5) is 16.0. The zero-order valence-corrected chi connectivity index (χ0v) is 14.9. The van der Waals surface area contributed by atoms with E-state index in [9.17, 15) is 4.79 Å². The molecule has 6 nitrogen and oxygen atoms in total. The van der Waals surface area contributed by atoms with Crippen LogP contribution in [0.15, 0.2) is 0 Å². The van der Waals surface area contributed by atoms with Gasteiger partial charge in [-0.15, -0.1) is 0 Å². The quantitative estimate of drug-likeness (QED) is 0.771. The van der Waals surface area contributed by atoms with E-state index >= 15 is 0 Å². The number of H-pyrrole nitrogens is 1. The van der Waals surface area contributed by atoms with Crippen LogP contribution in [-0.2, 0) is 6.42 Å². The molecule has 0 radical (unpaired) electrons. The molecule has 1 rings (SSSR count). The number of likely N-dealkylation sites (N-methyl/N-ethyl adjacent to an activating group) is 1. The van der Waals surface area contributed by atoms with Gasteiger partial charge in [0.05, 0.1) is 5.69 Å². The van der Waals surface area contributed by atoms with E-state index in [0.717, 1.165) is 37.2 Å². The molecule has 1 atom stereocenters. The molecule has 22 heavy (non-hydrogen) atoms. The number of nitrogens with one attached hydrogen (secondary N) is 2. The van der Waals surface area contributed by atoms with E-state index in [4.69, 9.17) is 0 Å². The molecule has 0 saturated heterocycles. The van der Waals surface area contributed by atoms with Crippen LogP contribution in [0.1, 0.15) is 36.7 Å². The van der Waals surface area contributed by atoms with Crippen LogP contribution < -0.4 is 5.32 Å². The number of hydrogen-bond donors (Lipinski definition) is 2. The Morgan fingerprint density at radius 3 is 2.50 bits per heavy atom. The minimum absolute atomic E-state index is 0.000868. The van der Waals surface area contributed by atoms with Gasteiger partial charge < -0.3 is 15.1 Å². The summed E-state index contributed by atoms with van der Waals surface area (Å²) in [5, 5.41) is 10.2. The summed E-state index contributed by atoms with van der Waals surface area (Å²) < 4.78 is 0. The smallest absolute Gasteiger partial charge is 0.317 e. The third-order valence-corrected chi connectivity index (χ3v) is 4.24. The summed E-state index contributed by atoms with van der Waals surface area (Å²) in [5.74, 6) is 0. The highest BCUT2D eigenvalue weighted by Gasteiger charge is 2.13. The molecule has 0 aromatic carbocycles. The molecular weight excluding hydrogens is 278 g/mol. The van der Waals surface area contributed by atoms with Crippen molar-refractivity contribution in [3.05, 3.63) is 17.0 Å². The molecule has 1 aromatic heterocycles. The largest absolute Gasteiger partial charge is 0.336 e. The van der Waals surface area contributed by atoms with Gasteiger partial charge in [0.25, 0.3) is 0 Å². The van der Waals surface area contributed by atoms with Crippen molar-refractivity contribution in [3.63, 3.8) is 0 Å². The lowest BCUT2D eigenvalue weighted by Crippen LogP contribution is -2.44. The molecule has 1 aromatic rings. The van der Waals surface area contributed by atoms with E-state index in [-0.39, 0.29) is 6.03 Å². The summed E-state index contributed by atoms with van der Waals surface area (Å²) in [6.07, 6.45) is 2.91. The van der Waals surface area contributed by atoms with Crippen LogP contribution >= 0.6 is 0 Å². The first-order valence-electron chi connectivity index (χ1n) is 8.02. The van der Waals surface area contributed by atoms with Crippen molar-refractivity contribution in [1.82, 2.24) is 25.3 Å². The molecule has 6 heteroatoms. The van der Waals surface area contributed by atoms with Crippen LogP contribution in [0.4, 0.5) is 4.79 Å². The van der Waals surface area contributed by atoms with Gasteiger partial charge in [-0.3, -0.25) is 5.10 Å². The maximum absolute atomic E-state index is 12.1. The van der Waals surface area contributed by atoms with Gasteiger partial charge in [-0.25, -0.2) is 4.79 Å². The molecule has 0 saturated carbocycles. The Labute approximate surface area is 134 Å². The molecule has 0 aliphatic heterocycles. The van der Waals surface area contributed by atoms with Crippen LogP contribution in [0, 0.1) is 13.8 Å². The number of aryl methyl sites for hydroxylation is 2. The molecule has 0 fully saturated rings. The average Bonchev–Trinajstić information content (AvgIpc) is 2.78. The second-order valence-electron chi connectivity index (χ2n) is 6.15. The first kappa shape index (κ1) is 18.5. The lowest BCUT2D eigenvalue weighted by atomic mass is 10.1. The Kier molecular flexibility index (Phi) is 7.38. The highest BCUT2D eigenvalue weighted by molar-refractivity contribution is 5.73. The summed E-state index contributed by atoms with van der Waals surface area (Å²) in [6, 6.07) is 0.384. The Balaban J connectivity index is 2.32. The first-order chi connectivity index (χ1) is 10.4. The van der Waals surface area contributed by atoms with Crippen molar-refractivity contribution in [1.29, 1.82) is 0 Å². The zero-order chi connectivity index (χ0) is 16.7. The monoisotopic (exact) mass is 309 g/mol. The van der Waals surface area contributed by atoms with Gasteiger partial charge in [0.15, 0.2) is 0 Å². The topological polar surface area (TPSA) is 64.3 Å². The van der Waals surface area contributed by atoms with Crippen molar-refractivity contribution in [2.24, 2.45) is 0 Å². The van der Waals surface area contributed by atoms with Crippen molar-refractivity contribution in [2.75, 3.05) is 34.2 Å². The standard InChI is InChI=1S/C16H31N5O/c1-7-14(20(4)5)11-17-16(22)21(6)10-8-9-15-12(2)18-19-13(15)3/h14H,7-11H2,1-6H3,(H,17,22)(H,18,19)/t14-/m1/s1. The Hall–Kier alpha value is -1.56. The third-order valence-electron chi connectivity index (χ3n) is 4.24. The number of aromatic nitrogens is 2. The molecule has 0 spiro atoms. The van der Waals surface area contributed by atoms with E-state index in [1.807, 2.05) is 35.0 Å². The number of carbonyl (C=O) groups is 1. The molecule has 0 aliphatic rings. The normalized spacial score (nSPS) is 12.5. The number of aromatic amines is 1. The fourth-order valence-corrected chi connectivity index (χ4v) is 2.57. The van der Waals surface area contributed by atoms with Gasteiger partial charge in [0.1, 0.15) is 0 Å². The van der Waals surface area contributed by atoms with Gasteiger partial charge >= 0.3 is 6.03 Å². The van der Waals surface area contributed by atoms with E-state index in [0.29, 0.717) is 12.6 Å². The second-order valence-corrected chi connectivity index (χ2v) is 6.15. The zero-order valence-electron chi connectivity index (χ0n) is 14.9. The SMILES string of the molecule is CC[C@H](CNC(=O)N(C)CCCc1c(C)n[nH]c1C)N(C)C. The average molecular weight is 309 g/mol. The van der Waals surface area contributed by atoms with E-state index in [1.54, 1.807) is 4.90 Å². The van der Waals surface area contributed by atoms with E-state index < -0.39 is 0 Å². The Morgan fingerprint density at radius 1 is 1.32 bits per heavy atom. The molecule has 126 valence electrons. The number of nitrogens with zero attached hydrogens (tertiary/aromatic N) is 3. The summed E-state index contributed by atoms with van der Waals surface area (Å²) in [7, 11) is 5.93. The van der Waals surface area contributed by atoms with Gasteiger partial charge in [-0.2, -0.15) is 5.10 Å². The third kappa shape index (κ3) is 5.33. The summed E-state index contributed by atoms with van der Waals surface area (Å²) in [5.41, 5.74) is 3.45. The minimum Gasteiger partial charge on any atom is -0.336 e. The molecule has 0 unspecified atom stereocenters. The van der Waals surface area contributed by atoms with Crippen molar-refractivity contribution >= 4 is 6.03 Å². The highest BCUT2D eigenvalue weighted by atomic mass is 16.2. The van der Waals surface area contributed by atoms with Crippen LogP contribution in [0.25, 0.3) is 0 Å². The van der Waals surface area contributed by atoms with Crippen LogP contribution in [0.2, 0.25) is 0 Å². The number of amides is 2. The lowest BCUT2D eigenvalue weighted by molar-refractivity contribution is 0.201. The summed E-state index contributed by atoms with van der Waals surface area (Å²) >= 11 is 0. The van der Waals surface area contributed by atoms with Crippen LogP contribution in [-0.4, -0.2) is 66.3 Å². The Morgan fingerprint density at radius 2 is 2.00 bits per heavy atom. The predicted octanol–water partition coefficient (Wildman–Crippen LogP) is 1.94. The van der Waals surface area contributed by atoms with Crippen molar-refractivity contribution < 1.29 is 4.79 Å². The fourth-order valence-electron chi connectivity index (χ4n) is 2.57. The van der Waals surface area contributed by atoms with Gasteiger partial charge in [0.2, 0.25) is 0 Å². The van der Waals surface area contributed by atoms with Crippen molar-refractivity contribution in [2.45, 2.75) is 46.1 Å². The molecule has 2 amide bonds. The summed E-state index contributed by atoms with van der Waals surface area (Å²) in [6.45, 7) is 7.62. The number of rotatable bonds is 8. The number of carbonyl (C=O) groups excluding carboxylic acids is 1. The van der Waals surface area contributed by atoms with E-state index in [1.165, 1.54) is 5.56 Å². The molecule has 0 bridgehead atoms. The maximum Gasteiger partial charge on any atom is 0.317 e. The first-order valence-corrected chi connectivity index (χ1v) is 8.02. The van der Waals surface area contributed by atoms with Crippen molar-refractivity contribution in [3.8, 4) is 0 Å². The minimum atomic E-state index is 0.000868. The molecule has 0 aliphatic carbocycles. The Bertz CT molecular complexity index is 450. The maximum atomic E-state index is 12.1. The van der Waals surface area contributed by atoms with E-state index in [2.05, 4.69) is 27.3 Å². The fraction of sp³-hybridized carbons (Fsp3) is 0.750. The lowest BCUT2D eigenvalue weighted by Gasteiger charge is -2.25. The molecule has 2 N–H and O–H groups in total. The predicted molar refractivity (Wildman–Crippen MR) is 90.2 cm³/mol. The van der Waals surface area contributed by atoms with Crippen LogP contribution in [0.3, 0.4) is 0 Å².